The van der Waals surface area contributed by atoms with E-state index in [4.69, 9.17) is 5.41 Å². The quantitative estimate of drug-likeness (QED) is 0.585. The molecule has 3 rings (SSSR count). The largest absolute Gasteiger partial charge is 0.286 e. The highest BCUT2D eigenvalue weighted by Gasteiger charge is 2.06. The lowest BCUT2D eigenvalue weighted by atomic mass is 10.1. The standard InChI is InChI=1S/C14H13N3/c1-9-6-7-10(2)13-12(9)14(15)17-8-4-3-5-11(17)16-13/h3-8,15H,1-2H3. The smallest absolute Gasteiger partial charge is 0.140 e. The SMILES string of the molecule is Cc1ccc(C)c2c(=N)n3ccccc3nc12. The molecule has 3 nitrogen and oxygen atoms in total. The van der Waals surface area contributed by atoms with Gasteiger partial charge in [0, 0.05) is 11.6 Å². The van der Waals surface area contributed by atoms with Gasteiger partial charge in [-0.3, -0.25) is 9.81 Å². The van der Waals surface area contributed by atoms with Gasteiger partial charge in [0.2, 0.25) is 0 Å². The van der Waals surface area contributed by atoms with E-state index in [1.807, 2.05) is 48.7 Å². The number of hydrogen-bond donors (Lipinski definition) is 1. The Balaban J connectivity index is 2.69. The van der Waals surface area contributed by atoms with Crippen LogP contribution in [0, 0.1) is 19.3 Å². The van der Waals surface area contributed by atoms with Crippen LogP contribution < -0.4 is 5.49 Å². The summed E-state index contributed by atoms with van der Waals surface area (Å²) in [6.45, 7) is 4.06. The van der Waals surface area contributed by atoms with Gasteiger partial charge in [0.05, 0.1) is 5.52 Å². The van der Waals surface area contributed by atoms with Gasteiger partial charge in [-0.25, -0.2) is 4.98 Å². The molecular weight excluding hydrogens is 210 g/mol. The predicted molar refractivity (Wildman–Crippen MR) is 68.0 cm³/mol. The molecule has 0 aliphatic carbocycles. The van der Waals surface area contributed by atoms with Crippen LogP contribution in [0.1, 0.15) is 11.1 Å². The number of rotatable bonds is 0. The maximum Gasteiger partial charge on any atom is 0.140 e. The Bertz CT molecular complexity index is 784. The topological polar surface area (TPSA) is 41.2 Å². The van der Waals surface area contributed by atoms with Crippen molar-refractivity contribution in [1.29, 1.82) is 5.41 Å². The third-order valence-corrected chi connectivity index (χ3v) is 3.13. The highest BCUT2D eigenvalue weighted by atomic mass is 15.0. The first-order chi connectivity index (χ1) is 8.18. The lowest BCUT2D eigenvalue weighted by Crippen LogP contribution is -2.16. The first kappa shape index (κ1) is 10.0. The summed E-state index contributed by atoms with van der Waals surface area (Å²) >= 11 is 0. The molecule has 0 saturated carbocycles. The van der Waals surface area contributed by atoms with E-state index in [0.29, 0.717) is 5.49 Å². The zero-order valence-electron chi connectivity index (χ0n) is 9.86. The third kappa shape index (κ3) is 1.35. The lowest BCUT2D eigenvalue weighted by Gasteiger charge is -2.08. The molecule has 84 valence electrons. The van der Waals surface area contributed by atoms with Crippen molar-refractivity contribution in [3.8, 4) is 0 Å². The molecule has 0 atom stereocenters. The molecule has 2 heterocycles. The van der Waals surface area contributed by atoms with Gasteiger partial charge in [0.1, 0.15) is 11.1 Å². The summed E-state index contributed by atoms with van der Waals surface area (Å²) in [6, 6.07) is 9.90. The molecule has 0 bridgehead atoms. The van der Waals surface area contributed by atoms with Gasteiger partial charge in [0.15, 0.2) is 0 Å². The Morgan fingerprint density at radius 2 is 1.82 bits per heavy atom. The predicted octanol–water partition coefficient (Wildman–Crippen LogP) is 2.58. The van der Waals surface area contributed by atoms with Crippen LogP contribution in [0.25, 0.3) is 16.6 Å². The van der Waals surface area contributed by atoms with E-state index < -0.39 is 0 Å². The summed E-state index contributed by atoms with van der Waals surface area (Å²) in [5, 5.41) is 9.23. The second-order valence-electron chi connectivity index (χ2n) is 4.31. The molecule has 0 radical (unpaired) electrons. The van der Waals surface area contributed by atoms with Crippen LogP contribution in [0.3, 0.4) is 0 Å². The van der Waals surface area contributed by atoms with Gasteiger partial charge in [-0.15, -0.1) is 0 Å². The molecule has 3 aromatic rings. The minimum atomic E-state index is 0.506. The number of fused-ring (bicyclic) bond motifs is 2. The highest BCUT2D eigenvalue weighted by molar-refractivity contribution is 5.85. The average Bonchev–Trinajstić information content (AvgIpc) is 2.34. The molecule has 0 aliphatic heterocycles. The summed E-state index contributed by atoms with van der Waals surface area (Å²) in [4.78, 5) is 4.64. The third-order valence-electron chi connectivity index (χ3n) is 3.13. The lowest BCUT2D eigenvalue weighted by molar-refractivity contribution is 0.998. The summed E-state index contributed by atoms with van der Waals surface area (Å²) in [5.41, 5.74) is 4.47. The number of nitrogens with one attached hydrogen (secondary N) is 1. The van der Waals surface area contributed by atoms with E-state index in [1.54, 1.807) is 0 Å². The molecule has 1 N–H and O–H groups in total. The number of nitrogens with zero attached hydrogens (tertiary/aromatic N) is 2. The van der Waals surface area contributed by atoms with Crippen LogP contribution in [-0.4, -0.2) is 9.38 Å². The maximum atomic E-state index is 8.29. The van der Waals surface area contributed by atoms with Crippen LogP contribution in [0.5, 0.6) is 0 Å². The van der Waals surface area contributed by atoms with E-state index in [0.717, 1.165) is 27.7 Å². The molecule has 0 aliphatic rings. The van der Waals surface area contributed by atoms with Gasteiger partial charge in [-0.05, 0) is 37.1 Å². The molecule has 0 saturated heterocycles. The number of pyridine rings is 1. The second-order valence-corrected chi connectivity index (χ2v) is 4.31. The fraction of sp³-hybridized carbons (Fsp3) is 0.143. The van der Waals surface area contributed by atoms with Gasteiger partial charge in [-0.1, -0.05) is 18.2 Å². The zero-order valence-corrected chi connectivity index (χ0v) is 9.86. The van der Waals surface area contributed by atoms with Crippen molar-refractivity contribution in [3.63, 3.8) is 0 Å². The second kappa shape index (κ2) is 3.42. The van der Waals surface area contributed by atoms with Crippen LogP contribution in [0.2, 0.25) is 0 Å². The van der Waals surface area contributed by atoms with Crippen LogP contribution >= 0.6 is 0 Å². The molecule has 0 fully saturated rings. The van der Waals surface area contributed by atoms with E-state index in [-0.39, 0.29) is 0 Å². The molecule has 17 heavy (non-hydrogen) atoms. The van der Waals surface area contributed by atoms with Crippen molar-refractivity contribution in [2.45, 2.75) is 13.8 Å². The number of benzene rings is 1. The van der Waals surface area contributed by atoms with Gasteiger partial charge >= 0.3 is 0 Å². The van der Waals surface area contributed by atoms with E-state index in [9.17, 15) is 0 Å². The van der Waals surface area contributed by atoms with Crippen molar-refractivity contribution >= 4 is 16.6 Å². The van der Waals surface area contributed by atoms with Crippen LogP contribution in [0.4, 0.5) is 0 Å². The van der Waals surface area contributed by atoms with Gasteiger partial charge in [0.25, 0.3) is 0 Å². The molecule has 1 aromatic carbocycles. The Morgan fingerprint density at radius 1 is 1.06 bits per heavy atom. The number of aromatic nitrogens is 2. The van der Waals surface area contributed by atoms with Crippen LogP contribution in [0.15, 0.2) is 36.5 Å². The minimum absolute atomic E-state index is 0.506. The molecule has 3 heteroatoms. The molecule has 0 unspecified atom stereocenters. The van der Waals surface area contributed by atoms with Crippen molar-refractivity contribution < 1.29 is 0 Å². The maximum absolute atomic E-state index is 8.29. The van der Waals surface area contributed by atoms with Crippen molar-refractivity contribution in [1.82, 2.24) is 9.38 Å². The Hall–Kier alpha value is -2.16. The number of aryl methyl sites for hydroxylation is 2. The van der Waals surface area contributed by atoms with Crippen LogP contribution in [-0.2, 0) is 0 Å². The van der Waals surface area contributed by atoms with Gasteiger partial charge in [-0.2, -0.15) is 0 Å². The van der Waals surface area contributed by atoms with Gasteiger partial charge < -0.3 is 0 Å². The summed E-state index contributed by atoms with van der Waals surface area (Å²) < 4.78 is 1.81. The Morgan fingerprint density at radius 3 is 2.65 bits per heavy atom. The number of hydrogen-bond acceptors (Lipinski definition) is 2. The fourth-order valence-electron chi connectivity index (χ4n) is 2.19. The summed E-state index contributed by atoms with van der Waals surface area (Å²) in [6.07, 6.45) is 1.88. The minimum Gasteiger partial charge on any atom is -0.286 e. The molecule has 0 amide bonds. The first-order valence-electron chi connectivity index (χ1n) is 5.60. The fourth-order valence-corrected chi connectivity index (χ4v) is 2.19. The first-order valence-corrected chi connectivity index (χ1v) is 5.60. The summed E-state index contributed by atoms with van der Waals surface area (Å²) in [7, 11) is 0. The highest BCUT2D eigenvalue weighted by Crippen LogP contribution is 2.17. The Kier molecular flexibility index (Phi) is 2.01. The Labute approximate surface area is 98.9 Å². The van der Waals surface area contributed by atoms with E-state index >= 15 is 0 Å². The monoisotopic (exact) mass is 223 g/mol. The molecular formula is C14H13N3. The zero-order chi connectivity index (χ0) is 12.0. The van der Waals surface area contributed by atoms with Crippen molar-refractivity contribution in [3.05, 3.63) is 53.1 Å². The molecule has 0 spiro atoms. The van der Waals surface area contributed by atoms with E-state index in [2.05, 4.69) is 11.1 Å². The normalized spacial score (nSPS) is 11.2. The average molecular weight is 223 g/mol. The van der Waals surface area contributed by atoms with Crippen molar-refractivity contribution in [2.24, 2.45) is 0 Å². The molecule has 2 aromatic heterocycles. The van der Waals surface area contributed by atoms with E-state index in [1.165, 1.54) is 0 Å². The summed E-state index contributed by atoms with van der Waals surface area (Å²) in [5.74, 6) is 0. The van der Waals surface area contributed by atoms with Crippen molar-refractivity contribution in [2.75, 3.05) is 0 Å².